The largest absolute Gasteiger partial charge is 0.451 e. The highest BCUT2D eigenvalue weighted by Gasteiger charge is 2.53. The molecule has 10 heteroatoms. The lowest BCUT2D eigenvalue weighted by molar-refractivity contribution is -0.160. The van der Waals surface area contributed by atoms with Crippen molar-refractivity contribution in [3.63, 3.8) is 0 Å². The summed E-state index contributed by atoms with van der Waals surface area (Å²) in [5.74, 6) is -0.637. The molecule has 0 radical (unpaired) electrons. The predicted octanol–water partition coefficient (Wildman–Crippen LogP) is 2.71. The van der Waals surface area contributed by atoms with Crippen LogP contribution in [0.1, 0.15) is 26.7 Å². The van der Waals surface area contributed by atoms with Gasteiger partial charge in [-0.3, -0.25) is 9.59 Å². The Bertz CT molecular complexity index is 778. The fraction of sp³-hybridized carbons (Fsp3) is 0.500. The summed E-state index contributed by atoms with van der Waals surface area (Å²) >= 11 is 13.3. The maximum Gasteiger partial charge on any atom is 0.330 e. The number of rotatable bonds is 4. The molecule has 0 saturated carbocycles. The lowest BCUT2D eigenvalue weighted by atomic mass is 10.2. The first-order chi connectivity index (χ1) is 12.2. The number of nitrogens with zero attached hydrogens (tertiary/aromatic N) is 2. The van der Waals surface area contributed by atoms with Gasteiger partial charge in [-0.2, -0.15) is 0 Å². The van der Waals surface area contributed by atoms with Gasteiger partial charge in [0.25, 0.3) is 5.91 Å². The molecule has 2 aliphatic heterocycles. The Morgan fingerprint density at radius 3 is 2.92 bits per heavy atom. The quantitative estimate of drug-likeness (QED) is 0.757. The Balaban J connectivity index is 1.62. The first-order valence-electron chi connectivity index (χ1n) is 8.00. The summed E-state index contributed by atoms with van der Waals surface area (Å²) in [6, 6.07) is 0.769. The Hall–Kier alpha value is -1.51. The Labute approximate surface area is 164 Å². The molecule has 1 aromatic rings. The minimum atomic E-state index is -1.06. The minimum absolute atomic E-state index is 0.0614. The number of carbonyl (C=O) groups excluding carboxylic acids is 3. The lowest BCUT2D eigenvalue weighted by Crippen LogP contribution is -2.48. The topological polar surface area (TPSA) is 88.6 Å². The number of thioether (sulfide) groups is 1. The molecular formula is C16H17Cl2N3O4S. The fourth-order valence-electron chi connectivity index (χ4n) is 3.03. The summed E-state index contributed by atoms with van der Waals surface area (Å²) in [6.07, 6.45) is 1.40. The van der Waals surface area contributed by atoms with Crippen molar-refractivity contribution in [1.29, 1.82) is 0 Å². The van der Waals surface area contributed by atoms with Gasteiger partial charge >= 0.3 is 5.97 Å². The van der Waals surface area contributed by atoms with Crippen molar-refractivity contribution in [2.75, 3.05) is 11.1 Å². The summed E-state index contributed by atoms with van der Waals surface area (Å²) in [5, 5.41) is 3.01. The molecule has 3 rings (SSSR count). The summed E-state index contributed by atoms with van der Waals surface area (Å²) in [6.45, 7) is 3.39. The lowest BCUT2D eigenvalue weighted by Gasteiger charge is -2.29. The van der Waals surface area contributed by atoms with Crippen LogP contribution in [0, 0.1) is 0 Å². The van der Waals surface area contributed by atoms with E-state index in [0.717, 1.165) is 0 Å². The smallest absolute Gasteiger partial charge is 0.330 e. The Kier molecular flexibility index (Phi) is 5.37. The van der Waals surface area contributed by atoms with Gasteiger partial charge in [-0.1, -0.05) is 23.2 Å². The van der Waals surface area contributed by atoms with Gasteiger partial charge in [0.1, 0.15) is 6.04 Å². The monoisotopic (exact) mass is 417 g/mol. The van der Waals surface area contributed by atoms with Gasteiger partial charge in [0.05, 0.1) is 14.9 Å². The molecule has 2 fully saturated rings. The van der Waals surface area contributed by atoms with Gasteiger partial charge in [-0.05, 0) is 26.3 Å². The number of fused-ring (bicyclic) bond motifs is 1. The van der Waals surface area contributed by atoms with Crippen molar-refractivity contribution in [3.05, 3.63) is 22.3 Å². The summed E-state index contributed by atoms with van der Waals surface area (Å²) in [5.41, 5.74) is 0. The van der Waals surface area contributed by atoms with Crippen LogP contribution in [-0.2, 0) is 19.1 Å². The van der Waals surface area contributed by atoms with Gasteiger partial charge < -0.3 is 15.0 Å². The summed E-state index contributed by atoms with van der Waals surface area (Å²) < 4.78 is 5.28. The van der Waals surface area contributed by atoms with Crippen LogP contribution in [0.15, 0.2) is 12.3 Å². The molecule has 0 aromatic carbocycles. The van der Waals surface area contributed by atoms with E-state index in [1.165, 1.54) is 19.2 Å². The van der Waals surface area contributed by atoms with Crippen LogP contribution >= 0.6 is 35.0 Å². The standard InChI is InChI=1S/C16H17Cl2N3O4S/c1-8(14(23)20-13-10(18)5-9(17)6-19-13)25-15(24)11-7-26-16(2)4-3-12(22)21(11)16/h5-6,8,11H,3-4,7H2,1-2H3,(H,19,20,23). The molecule has 0 bridgehead atoms. The van der Waals surface area contributed by atoms with Crippen molar-refractivity contribution in [2.45, 2.75) is 43.7 Å². The van der Waals surface area contributed by atoms with E-state index < -0.39 is 24.0 Å². The van der Waals surface area contributed by atoms with Crippen LogP contribution < -0.4 is 5.32 Å². The molecule has 0 spiro atoms. The Morgan fingerprint density at radius 2 is 2.23 bits per heavy atom. The molecular weight excluding hydrogens is 401 g/mol. The highest BCUT2D eigenvalue weighted by atomic mass is 35.5. The molecule has 3 unspecified atom stereocenters. The molecule has 140 valence electrons. The van der Waals surface area contributed by atoms with Gasteiger partial charge in [-0.25, -0.2) is 9.78 Å². The van der Waals surface area contributed by atoms with Gasteiger partial charge in [0, 0.05) is 18.4 Å². The van der Waals surface area contributed by atoms with Crippen molar-refractivity contribution in [1.82, 2.24) is 9.88 Å². The van der Waals surface area contributed by atoms with E-state index in [0.29, 0.717) is 23.6 Å². The first-order valence-corrected chi connectivity index (χ1v) is 9.74. The van der Waals surface area contributed by atoms with Gasteiger partial charge in [-0.15, -0.1) is 11.8 Å². The number of amides is 2. The van der Waals surface area contributed by atoms with E-state index in [4.69, 9.17) is 27.9 Å². The average Bonchev–Trinajstić information content (AvgIpc) is 3.06. The summed E-state index contributed by atoms with van der Waals surface area (Å²) in [4.78, 5) is 42.0. The van der Waals surface area contributed by atoms with E-state index in [1.807, 2.05) is 6.92 Å². The molecule has 0 aliphatic carbocycles. The molecule has 3 atom stereocenters. The van der Waals surface area contributed by atoms with E-state index >= 15 is 0 Å². The second-order valence-corrected chi connectivity index (χ2v) is 8.66. The van der Waals surface area contributed by atoms with Crippen LogP contribution in [0.25, 0.3) is 0 Å². The number of anilines is 1. The molecule has 2 saturated heterocycles. The normalized spacial score (nSPS) is 25.8. The van der Waals surface area contributed by atoms with Crippen LogP contribution in [0.4, 0.5) is 5.82 Å². The molecule has 2 aliphatic rings. The third-order valence-electron chi connectivity index (χ3n) is 4.43. The zero-order valence-corrected chi connectivity index (χ0v) is 16.5. The summed E-state index contributed by atoms with van der Waals surface area (Å²) in [7, 11) is 0. The second kappa shape index (κ2) is 7.25. The maximum atomic E-state index is 12.5. The van der Waals surface area contributed by atoms with E-state index in [9.17, 15) is 14.4 Å². The number of carbonyl (C=O) groups is 3. The van der Waals surface area contributed by atoms with Crippen LogP contribution in [0.5, 0.6) is 0 Å². The zero-order chi connectivity index (χ0) is 19.1. The second-order valence-electron chi connectivity index (χ2n) is 6.32. The third kappa shape index (κ3) is 3.63. The van der Waals surface area contributed by atoms with Crippen molar-refractivity contribution < 1.29 is 19.1 Å². The van der Waals surface area contributed by atoms with Crippen LogP contribution in [-0.4, -0.2) is 50.4 Å². The number of nitrogens with one attached hydrogen (secondary N) is 1. The number of halogens is 2. The minimum Gasteiger partial charge on any atom is -0.451 e. The maximum absolute atomic E-state index is 12.5. The van der Waals surface area contributed by atoms with Crippen LogP contribution in [0.3, 0.4) is 0 Å². The number of ether oxygens (including phenoxy) is 1. The number of hydrogen-bond acceptors (Lipinski definition) is 6. The zero-order valence-electron chi connectivity index (χ0n) is 14.1. The Morgan fingerprint density at radius 1 is 1.50 bits per heavy atom. The van der Waals surface area contributed by atoms with E-state index in [-0.39, 0.29) is 21.6 Å². The molecule has 2 amide bonds. The number of esters is 1. The number of hydrogen-bond donors (Lipinski definition) is 1. The van der Waals surface area contributed by atoms with Crippen molar-refractivity contribution >= 4 is 58.6 Å². The fourth-order valence-corrected chi connectivity index (χ4v) is 4.87. The first kappa shape index (κ1) is 19.3. The third-order valence-corrected chi connectivity index (χ3v) is 6.43. The van der Waals surface area contributed by atoms with Crippen molar-refractivity contribution in [2.24, 2.45) is 0 Å². The molecule has 1 aromatic heterocycles. The highest BCUT2D eigenvalue weighted by molar-refractivity contribution is 8.01. The van der Waals surface area contributed by atoms with Crippen LogP contribution in [0.2, 0.25) is 10.0 Å². The molecule has 1 N–H and O–H groups in total. The van der Waals surface area contributed by atoms with E-state index in [2.05, 4.69) is 10.3 Å². The van der Waals surface area contributed by atoms with E-state index in [1.54, 1.807) is 16.7 Å². The number of aromatic nitrogens is 1. The molecule has 26 heavy (non-hydrogen) atoms. The van der Waals surface area contributed by atoms with Gasteiger partial charge in [0.15, 0.2) is 11.9 Å². The van der Waals surface area contributed by atoms with Gasteiger partial charge in [0.2, 0.25) is 5.91 Å². The molecule has 7 nitrogen and oxygen atoms in total. The average molecular weight is 418 g/mol. The number of pyridine rings is 1. The molecule has 3 heterocycles. The van der Waals surface area contributed by atoms with Crippen molar-refractivity contribution in [3.8, 4) is 0 Å². The predicted molar refractivity (Wildman–Crippen MR) is 99.2 cm³/mol. The highest BCUT2D eigenvalue weighted by Crippen LogP contribution is 2.47. The SMILES string of the molecule is CC(OC(=O)C1CSC2(C)CCC(=O)N12)C(=O)Nc1ncc(Cl)cc1Cl.